The summed E-state index contributed by atoms with van der Waals surface area (Å²) >= 11 is 0. The van der Waals surface area contributed by atoms with Gasteiger partial charge >= 0.3 is 0 Å². The highest BCUT2D eigenvalue weighted by atomic mass is 16.2. The summed E-state index contributed by atoms with van der Waals surface area (Å²) in [6.45, 7) is 6.23. The molecule has 1 atom stereocenters. The molecule has 0 spiro atoms. The Morgan fingerprint density at radius 1 is 1.31 bits per heavy atom. The lowest BCUT2D eigenvalue weighted by molar-refractivity contribution is -0.122. The van der Waals surface area contributed by atoms with Gasteiger partial charge in [-0.25, -0.2) is 4.98 Å². The van der Waals surface area contributed by atoms with Crippen molar-refractivity contribution in [2.24, 2.45) is 0 Å². The molecule has 0 saturated carbocycles. The number of hydrogen-bond acceptors (Lipinski definition) is 3. The Bertz CT molecular complexity index is 682. The van der Waals surface area contributed by atoms with Crippen molar-refractivity contribution in [1.29, 1.82) is 0 Å². The second kappa shape index (κ2) is 9.53. The summed E-state index contributed by atoms with van der Waals surface area (Å²) < 4.78 is 2.30. The summed E-state index contributed by atoms with van der Waals surface area (Å²) in [5.41, 5.74) is 1.13. The molecule has 5 heteroatoms. The number of nitrogens with zero attached hydrogens (tertiary/aromatic N) is 3. The van der Waals surface area contributed by atoms with Gasteiger partial charge in [-0.05, 0) is 31.4 Å². The smallest absolute Gasteiger partial charge is 0.234 e. The minimum atomic E-state index is 0.101. The van der Waals surface area contributed by atoms with Crippen LogP contribution < -0.4 is 5.32 Å². The maximum absolute atomic E-state index is 12.3. The van der Waals surface area contributed by atoms with Crippen LogP contribution in [0.2, 0.25) is 0 Å². The molecule has 1 aromatic carbocycles. The summed E-state index contributed by atoms with van der Waals surface area (Å²) in [5, 5.41) is 3.03. The van der Waals surface area contributed by atoms with E-state index in [1.165, 1.54) is 18.7 Å². The number of likely N-dealkylation sites (tertiary alicyclic amines) is 1. The lowest BCUT2D eigenvalue weighted by atomic mass is 9.97. The fourth-order valence-electron chi connectivity index (χ4n) is 3.66. The molecule has 1 fully saturated rings. The monoisotopic (exact) mass is 354 g/mol. The largest absolute Gasteiger partial charge is 0.351 e. The molecule has 1 aliphatic heterocycles. The van der Waals surface area contributed by atoms with Gasteiger partial charge in [-0.15, -0.1) is 0 Å². The molecule has 1 amide bonds. The van der Waals surface area contributed by atoms with E-state index in [-0.39, 0.29) is 5.91 Å². The number of amides is 1. The van der Waals surface area contributed by atoms with Gasteiger partial charge in [0.1, 0.15) is 5.82 Å². The fourth-order valence-corrected chi connectivity index (χ4v) is 3.66. The predicted molar refractivity (Wildman–Crippen MR) is 104 cm³/mol. The van der Waals surface area contributed by atoms with Gasteiger partial charge in [-0.3, -0.25) is 9.69 Å². The molecule has 3 rings (SSSR count). The SMILES string of the molecule is CCCCn1ccnc1[C@@H]1CCCN(CC(=O)NCc2ccccc2)C1. The first kappa shape index (κ1) is 18.6. The molecule has 2 heterocycles. The number of imidazole rings is 1. The van der Waals surface area contributed by atoms with Crippen LogP contribution in [-0.2, 0) is 17.9 Å². The summed E-state index contributed by atoms with van der Waals surface area (Å²) in [5.74, 6) is 1.72. The number of rotatable bonds is 8. The third kappa shape index (κ3) is 5.18. The van der Waals surface area contributed by atoms with Crippen LogP contribution in [-0.4, -0.2) is 40.0 Å². The van der Waals surface area contributed by atoms with E-state index in [1.807, 2.05) is 36.5 Å². The Morgan fingerprint density at radius 3 is 2.96 bits per heavy atom. The van der Waals surface area contributed by atoms with Crippen LogP contribution in [0.4, 0.5) is 0 Å². The summed E-state index contributed by atoms with van der Waals surface area (Å²) in [7, 11) is 0. The Labute approximate surface area is 156 Å². The molecule has 2 aromatic rings. The molecular weight excluding hydrogens is 324 g/mol. The first-order valence-electron chi connectivity index (χ1n) is 9.80. The van der Waals surface area contributed by atoms with Crippen LogP contribution in [0.25, 0.3) is 0 Å². The summed E-state index contributed by atoms with van der Waals surface area (Å²) in [4.78, 5) is 19.2. The lowest BCUT2D eigenvalue weighted by Gasteiger charge is -2.32. The molecule has 0 aliphatic carbocycles. The van der Waals surface area contributed by atoms with Gasteiger partial charge in [-0.1, -0.05) is 43.7 Å². The molecule has 1 saturated heterocycles. The topological polar surface area (TPSA) is 50.2 Å². The van der Waals surface area contributed by atoms with E-state index >= 15 is 0 Å². The first-order valence-corrected chi connectivity index (χ1v) is 9.80. The molecule has 5 nitrogen and oxygen atoms in total. The van der Waals surface area contributed by atoms with Gasteiger partial charge < -0.3 is 9.88 Å². The normalized spacial score (nSPS) is 18.0. The number of unbranched alkanes of at least 4 members (excludes halogenated alkanes) is 1. The van der Waals surface area contributed by atoms with Gasteiger partial charge in [-0.2, -0.15) is 0 Å². The van der Waals surface area contributed by atoms with Crippen LogP contribution in [0.5, 0.6) is 0 Å². The van der Waals surface area contributed by atoms with E-state index in [0.29, 0.717) is 19.0 Å². The zero-order chi connectivity index (χ0) is 18.2. The molecule has 0 bridgehead atoms. The number of carbonyl (C=O) groups excluding carboxylic acids is 1. The number of hydrogen-bond donors (Lipinski definition) is 1. The molecule has 26 heavy (non-hydrogen) atoms. The van der Waals surface area contributed by atoms with E-state index in [9.17, 15) is 4.79 Å². The van der Waals surface area contributed by atoms with E-state index in [0.717, 1.165) is 38.0 Å². The second-order valence-electron chi connectivity index (χ2n) is 7.17. The van der Waals surface area contributed by atoms with Crippen molar-refractivity contribution in [2.45, 2.75) is 51.6 Å². The van der Waals surface area contributed by atoms with Gasteiger partial charge in [0.2, 0.25) is 5.91 Å². The Morgan fingerprint density at radius 2 is 2.15 bits per heavy atom. The number of aromatic nitrogens is 2. The van der Waals surface area contributed by atoms with Crippen molar-refractivity contribution in [2.75, 3.05) is 19.6 Å². The van der Waals surface area contributed by atoms with Crippen molar-refractivity contribution >= 4 is 5.91 Å². The van der Waals surface area contributed by atoms with Crippen LogP contribution in [0.3, 0.4) is 0 Å². The van der Waals surface area contributed by atoms with Crippen molar-refractivity contribution in [3.8, 4) is 0 Å². The number of carbonyl (C=O) groups is 1. The molecule has 1 aliphatic rings. The molecule has 0 unspecified atom stereocenters. The van der Waals surface area contributed by atoms with E-state index in [4.69, 9.17) is 0 Å². The van der Waals surface area contributed by atoms with E-state index < -0.39 is 0 Å². The standard InChI is InChI=1S/C21H30N4O/c1-2-3-13-25-14-11-22-21(25)19-10-7-12-24(16-19)17-20(26)23-15-18-8-5-4-6-9-18/h4-6,8-9,11,14,19H,2-3,7,10,12-13,15-17H2,1H3,(H,23,26)/t19-/m1/s1. The quantitative estimate of drug-likeness (QED) is 0.792. The highest BCUT2D eigenvalue weighted by Gasteiger charge is 2.25. The molecule has 1 N–H and O–H groups in total. The molecule has 140 valence electrons. The Balaban J connectivity index is 1.50. The van der Waals surface area contributed by atoms with Gasteiger partial charge in [0.05, 0.1) is 6.54 Å². The average molecular weight is 354 g/mol. The van der Waals surface area contributed by atoms with Crippen molar-refractivity contribution in [3.63, 3.8) is 0 Å². The van der Waals surface area contributed by atoms with Gasteiger partial charge in [0, 0.05) is 37.9 Å². The average Bonchev–Trinajstić information content (AvgIpc) is 3.14. The fraction of sp³-hybridized carbons (Fsp3) is 0.524. The minimum absolute atomic E-state index is 0.101. The third-order valence-electron chi connectivity index (χ3n) is 5.07. The number of aryl methyl sites for hydroxylation is 1. The Hall–Kier alpha value is -2.14. The van der Waals surface area contributed by atoms with Crippen molar-refractivity contribution < 1.29 is 4.79 Å². The van der Waals surface area contributed by atoms with Gasteiger partial charge in [0.15, 0.2) is 0 Å². The lowest BCUT2D eigenvalue weighted by Crippen LogP contribution is -2.42. The summed E-state index contributed by atoms with van der Waals surface area (Å²) in [6, 6.07) is 10.1. The first-order chi connectivity index (χ1) is 12.8. The van der Waals surface area contributed by atoms with Crippen molar-refractivity contribution in [1.82, 2.24) is 19.8 Å². The molecule has 1 aromatic heterocycles. The zero-order valence-corrected chi connectivity index (χ0v) is 15.7. The maximum atomic E-state index is 12.3. The summed E-state index contributed by atoms with van der Waals surface area (Å²) in [6.07, 6.45) is 8.66. The zero-order valence-electron chi connectivity index (χ0n) is 15.7. The third-order valence-corrected chi connectivity index (χ3v) is 5.07. The molecule has 0 radical (unpaired) electrons. The highest BCUT2D eigenvalue weighted by Crippen LogP contribution is 2.25. The van der Waals surface area contributed by atoms with Crippen LogP contribution in [0, 0.1) is 0 Å². The van der Waals surface area contributed by atoms with E-state index in [2.05, 4.69) is 32.9 Å². The van der Waals surface area contributed by atoms with Gasteiger partial charge in [0.25, 0.3) is 0 Å². The maximum Gasteiger partial charge on any atom is 0.234 e. The number of nitrogens with one attached hydrogen (secondary N) is 1. The Kier molecular flexibility index (Phi) is 6.83. The van der Waals surface area contributed by atoms with E-state index in [1.54, 1.807) is 0 Å². The highest BCUT2D eigenvalue weighted by molar-refractivity contribution is 5.78. The predicted octanol–water partition coefficient (Wildman–Crippen LogP) is 3.18. The number of piperidine rings is 1. The van der Waals surface area contributed by atoms with Crippen LogP contribution >= 0.6 is 0 Å². The van der Waals surface area contributed by atoms with Crippen LogP contribution in [0.15, 0.2) is 42.7 Å². The number of benzene rings is 1. The van der Waals surface area contributed by atoms with Crippen LogP contribution in [0.1, 0.15) is 49.9 Å². The second-order valence-corrected chi connectivity index (χ2v) is 7.17. The molecular formula is C21H30N4O. The minimum Gasteiger partial charge on any atom is -0.351 e. The van der Waals surface area contributed by atoms with Crippen molar-refractivity contribution in [3.05, 3.63) is 54.1 Å².